The van der Waals surface area contributed by atoms with E-state index in [1.54, 1.807) is 7.11 Å². The molecule has 116 valence electrons. The summed E-state index contributed by atoms with van der Waals surface area (Å²) >= 11 is 6.23. The number of benzene rings is 2. The predicted molar refractivity (Wildman–Crippen MR) is 85.8 cm³/mol. The molecule has 0 fully saturated rings. The molecule has 1 N–H and O–H groups in total. The Morgan fingerprint density at radius 3 is 2.86 bits per heavy atom. The van der Waals surface area contributed by atoms with Gasteiger partial charge in [0.25, 0.3) is 0 Å². The summed E-state index contributed by atoms with van der Waals surface area (Å²) in [4.78, 5) is 0. The van der Waals surface area contributed by atoms with Crippen LogP contribution in [0.1, 0.15) is 24.1 Å². The van der Waals surface area contributed by atoms with Gasteiger partial charge >= 0.3 is 0 Å². The SMILES string of the molecule is COc1cc(CNC(C)c2ccccc2Cl)cc2c1OCO2. The first-order valence-corrected chi connectivity index (χ1v) is 7.51. The quantitative estimate of drug-likeness (QED) is 0.906. The standard InChI is InChI=1S/C17H18ClNO3/c1-11(13-5-3-4-6-14(13)18)19-9-12-7-15(20-2)17-16(8-12)21-10-22-17/h3-8,11,19H,9-10H2,1-2H3. The topological polar surface area (TPSA) is 39.7 Å². The van der Waals surface area contributed by atoms with Crippen LogP contribution in [-0.2, 0) is 6.54 Å². The van der Waals surface area contributed by atoms with Crippen molar-refractivity contribution in [2.24, 2.45) is 0 Å². The molecular formula is C17H18ClNO3. The average molecular weight is 320 g/mol. The summed E-state index contributed by atoms with van der Waals surface area (Å²) in [6.07, 6.45) is 0. The lowest BCUT2D eigenvalue weighted by Gasteiger charge is -2.16. The van der Waals surface area contributed by atoms with E-state index >= 15 is 0 Å². The maximum absolute atomic E-state index is 6.23. The molecule has 2 aromatic rings. The Bertz CT molecular complexity index is 675. The van der Waals surface area contributed by atoms with Gasteiger partial charge in [0.15, 0.2) is 11.5 Å². The first kappa shape index (κ1) is 15.0. The number of fused-ring (bicyclic) bond motifs is 1. The minimum Gasteiger partial charge on any atom is -0.493 e. The van der Waals surface area contributed by atoms with Gasteiger partial charge in [0.2, 0.25) is 12.5 Å². The highest BCUT2D eigenvalue weighted by atomic mass is 35.5. The highest BCUT2D eigenvalue weighted by Gasteiger charge is 2.20. The van der Waals surface area contributed by atoms with Crippen molar-refractivity contribution in [3.63, 3.8) is 0 Å². The molecule has 1 heterocycles. The van der Waals surface area contributed by atoms with Gasteiger partial charge in [-0.2, -0.15) is 0 Å². The van der Waals surface area contributed by atoms with Crippen LogP contribution >= 0.6 is 11.6 Å². The number of nitrogens with one attached hydrogen (secondary N) is 1. The molecule has 0 aromatic heterocycles. The van der Waals surface area contributed by atoms with Gasteiger partial charge in [-0.1, -0.05) is 29.8 Å². The first-order chi connectivity index (χ1) is 10.7. The summed E-state index contributed by atoms with van der Waals surface area (Å²) in [6, 6.07) is 11.9. The predicted octanol–water partition coefficient (Wildman–Crippen LogP) is 3.93. The van der Waals surface area contributed by atoms with Crippen molar-refractivity contribution in [1.82, 2.24) is 5.32 Å². The van der Waals surface area contributed by atoms with Crippen molar-refractivity contribution < 1.29 is 14.2 Å². The number of hydrogen-bond donors (Lipinski definition) is 1. The number of rotatable bonds is 5. The van der Waals surface area contributed by atoms with Crippen LogP contribution in [0.2, 0.25) is 5.02 Å². The normalized spacial score (nSPS) is 14.0. The molecule has 0 amide bonds. The molecule has 1 atom stereocenters. The van der Waals surface area contributed by atoms with Crippen molar-refractivity contribution >= 4 is 11.6 Å². The van der Waals surface area contributed by atoms with E-state index in [1.807, 2.05) is 36.4 Å². The lowest BCUT2D eigenvalue weighted by atomic mass is 10.1. The third-order valence-corrected chi connectivity index (χ3v) is 4.05. The van der Waals surface area contributed by atoms with E-state index in [4.69, 9.17) is 25.8 Å². The Kier molecular flexibility index (Phi) is 4.41. The highest BCUT2D eigenvalue weighted by Crippen LogP contribution is 2.41. The first-order valence-electron chi connectivity index (χ1n) is 7.13. The van der Waals surface area contributed by atoms with Crippen LogP contribution in [0.15, 0.2) is 36.4 Å². The Balaban J connectivity index is 1.73. The minimum absolute atomic E-state index is 0.144. The van der Waals surface area contributed by atoms with Crippen LogP contribution in [0.3, 0.4) is 0 Å². The van der Waals surface area contributed by atoms with Gasteiger partial charge in [0.05, 0.1) is 7.11 Å². The second kappa shape index (κ2) is 6.46. The fourth-order valence-corrected chi connectivity index (χ4v) is 2.79. The van der Waals surface area contributed by atoms with Crippen LogP contribution in [0.25, 0.3) is 0 Å². The van der Waals surface area contributed by atoms with Gasteiger partial charge in [-0.05, 0) is 36.2 Å². The van der Waals surface area contributed by atoms with E-state index in [0.29, 0.717) is 18.0 Å². The van der Waals surface area contributed by atoms with Gasteiger partial charge in [0, 0.05) is 17.6 Å². The van der Waals surface area contributed by atoms with E-state index in [0.717, 1.165) is 21.9 Å². The van der Waals surface area contributed by atoms with Gasteiger partial charge in [-0.15, -0.1) is 0 Å². The van der Waals surface area contributed by atoms with Crippen LogP contribution in [-0.4, -0.2) is 13.9 Å². The summed E-state index contributed by atoms with van der Waals surface area (Å²) in [5.74, 6) is 2.09. The van der Waals surface area contributed by atoms with E-state index in [-0.39, 0.29) is 12.8 Å². The molecule has 1 aliphatic rings. The molecule has 0 saturated carbocycles. The van der Waals surface area contributed by atoms with Gasteiger partial charge in [0.1, 0.15) is 0 Å². The fourth-order valence-electron chi connectivity index (χ4n) is 2.49. The molecule has 3 rings (SSSR count). The zero-order valence-electron chi connectivity index (χ0n) is 12.6. The Morgan fingerprint density at radius 2 is 2.09 bits per heavy atom. The average Bonchev–Trinajstić information content (AvgIpc) is 3.00. The maximum atomic E-state index is 6.23. The molecule has 1 aliphatic heterocycles. The molecule has 1 unspecified atom stereocenters. The molecule has 2 aromatic carbocycles. The molecule has 4 nitrogen and oxygen atoms in total. The molecular weight excluding hydrogens is 302 g/mol. The van der Waals surface area contributed by atoms with Crippen molar-refractivity contribution in [2.45, 2.75) is 19.5 Å². The van der Waals surface area contributed by atoms with Gasteiger partial charge in [-0.25, -0.2) is 0 Å². The molecule has 22 heavy (non-hydrogen) atoms. The van der Waals surface area contributed by atoms with E-state index in [1.165, 1.54) is 0 Å². The number of ether oxygens (including phenoxy) is 3. The molecule has 0 spiro atoms. The van der Waals surface area contributed by atoms with E-state index in [2.05, 4.69) is 12.2 Å². The minimum atomic E-state index is 0.144. The Labute approximate surface area is 135 Å². The van der Waals surface area contributed by atoms with Crippen molar-refractivity contribution in [3.8, 4) is 17.2 Å². The Morgan fingerprint density at radius 1 is 1.27 bits per heavy atom. The smallest absolute Gasteiger partial charge is 0.231 e. The number of halogens is 1. The van der Waals surface area contributed by atoms with Crippen molar-refractivity contribution in [3.05, 3.63) is 52.5 Å². The van der Waals surface area contributed by atoms with Crippen LogP contribution in [0, 0.1) is 0 Å². The third kappa shape index (κ3) is 2.98. The fraction of sp³-hybridized carbons (Fsp3) is 0.294. The molecule has 5 heteroatoms. The second-order valence-corrected chi connectivity index (χ2v) is 5.56. The Hall–Kier alpha value is -1.91. The number of methoxy groups -OCH3 is 1. The van der Waals surface area contributed by atoms with E-state index in [9.17, 15) is 0 Å². The van der Waals surface area contributed by atoms with Crippen molar-refractivity contribution in [1.29, 1.82) is 0 Å². The zero-order valence-corrected chi connectivity index (χ0v) is 13.3. The van der Waals surface area contributed by atoms with Gasteiger partial charge < -0.3 is 19.5 Å². The molecule has 0 saturated heterocycles. The highest BCUT2D eigenvalue weighted by molar-refractivity contribution is 6.31. The second-order valence-electron chi connectivity index (χ2n) is 5.16. The van der Waals surface area contributed by atoms with E-state index < -0.39 is 0 Å². The maximum Gasteiger partial charge on any atom is 0.231 e. The van der Waals surface area contributed by atoms with Crippen LogP contribution in [0.5, 0.6) is 17.2 Å². The van der Waals surface area contributed by atoms with Crippen LogP contribution in [0.4, 0.5) is 0 Å². The van der Waals surface area contributed by atoms with Gasteiger partial charge in [-0.3, -0.25) is 0 Å². The monoisotopic (exact) mass is 319 g/mol. The summed E-state index contributed by atoms with van der Waals surface area (Å²) in [7, 11) is 1.63. The number of hydrogen-bond acceptors (Lipinski definition) is 4. The summed E-state index contributed by atoms with van der Waals surface area (Å²) in [5.41, 5.74) is 2.15. The molecule has 0 aliphatic carbocycles. The lowest BCUT2D eigenvalue weighted by molar-refractivity contribution is 0.171. The lowest BCUT2D eigenvalue weighted by Crippen LogP contribution is -2.18. The summed E-state index contributed by atoms with van der Waals surface area (Å²) in [5, 5.41) is 4.23. The third-order valence-electron chi connectivity index (χ3n) is 3.70. The molecule has 0 radical (unpaired) electrons. The van der Waals surface area contributed by atoms with Crippen LogP contribution < -0.4 is 19.5 Å². The van der Waals surface area contributed by atoms with Crippen molar-refractivity contribution in [2.75, 3.05) is 13.9 Å². The summed E-state index contributed by atoms with van der Waals surface area (Å²) in [6.45, 7) is 3.00. The summed E-state index contributed by atoms with van der Waals surface area (Å²) < 4.78 is 16.2. The largest absolute Gasteiger partial charge is 0.493 e. The zero-order chi connectivity index (χ0) is 15.5. The molecule has 0 bridgehead atoms.